The molecule has 0 radical (unpaired) electrons. The Hall–Kier alpha value is -7.69. The second-order valence-corrected chi connectivity index (χ2v) is 16.4. The molecule has 11 aromatic rings. The van der Waals surface area contributed by atoms with Crippen molar-refractivity contribution >= 4 is 43.4 Å². The molecule has 0 unspecified atom stereocenters. The van der Waals surface area contributed by atoms with Gasteiger partial charge in [-0.05, 0) is 97.4 Å². The van der Waals surface area contributed by atoms with Crippen LogP contribution in [0, 0.1) is 0 Å². The molecule has 0 spiro atoms. The first-order valence-electron chi connectivity index (χ1n) is 20.6. The lowest BCUT2D eigenvalue weighted by atomic mass is 9.79. The zero-order valence-electron chi connectivity index (χ0n) is 33.3. The summed E-state index contributed by atoms with van der Waals surface area (Å²) in [5.74, 6) is 1.91. The summed E-state index contributed by atoms with van der Waals surface area (Å²) in [6.45, 7) is 4.72. The molecule has 0 saturated carbocycles. The molecule has 0 amide bonds. The molecule has 60 heavy (non-hydrogen) atoms. The first kappa shape index (κ1) is 34.4. The molecule has 1 aliphatic carbocycles. The third kappa shape index (κ3) is 5.27. The van der Waals surface area contributed by atoms with Gasteiger partial charge in [-0.15, -0.1) is 0 Å². The highest BCUT2D eigenvalue weighted by molar-refractivity contribution is 6.16. The number of para-hydroxylation sites is 1. The largest absolute Gasteiger partial charge is 0.309 e. The van der Waals surface area contributed by atoms with Crippen LogP contribution in [0.15, 0.2) is 194 Å². The van der Waals surface area contributed by atoms with Gasteiger partial charge in [0.25, 0.3) is 0 Å². The molecular formula is C56H38N4. The van der Waals surface area contributed by atoms with Crippen LogP contribution in [0.25, 0.3) is 105 Å². The predicted octanol–water partition coefficient (Wildman–Crippen LogP) is 14.2. The topological polar surface area (TPSA) is 43.6 Å². The van der Waals surface area contributed by atoms with Gasteiger partial charge in [-0.1, -0.05) is 166 Å². The predicted molar refractivity (Wildman–Crippen MR) is 248 cm³/mol. The van der Waals surface area contributed by atoms with Gasteiger partial charge in [0.15, 0.2) is 17.5 Å². The Morgan fingerprint density at radius 2 is 0.933 bits per heavy atom. The van der Waals surface area contributed by atoms with Crippen molar-refractivity contribution in [3.05, 3.63) is 205 Å². The zero-order valence-corrected chi connectivity index (χ0v) is 33.3. The molecule has 0 fully saturated rings. The highest BCUT2D eigenvalue weighted by Gasteiger charge is 2.37. The Morgan fingerprint density at radius 3 is 1.65 bits per heavy atom. The summed E-state index contributed by atoms with van der Waals surface area (Å²) in [6.07, 6.45) is 0. The maximum atomic E-state index is 5.35. The van der Waals surface area contributed by atoms with E-state index in [0.717, 1.165) is 55.0 Å². The van der Waals surface area contributed by atoms with Gasteiger partial charge in [-0.25, -0.2) is 15.0 Å². The first-order valence-corrected chi connectivity index (χ1v) is 20.6. The van der Waals surface area contributed by atoms with Crippen LogP contribution in [-0.2, 0) is 5.41 Å². The van der Waals surface area contributed by atoms with Crippen molar-refractivity contribution in [2.45, 2.75) is 19.3 Å². The molecule has 0 atom stereocenters. The van der Waals surface area contributed by atoms with Crippen LogP contribution in [0.5, 0.6) is 0 Å². The van der Waals surface area contributed by atoms with Gasteiger partial charge in [0.1, 0.15) is 0 Å². The van der Waals surface area contributed by atoms with Crippen LogP contribution in [0.4, 0.5) is 0 Å². The lowest BCUT2D eigenvalue weighted by Gasteiger charge is -2.24. The second-order valence-electron chi connectivity index (χ2n) is 16.4. The minimum absolute atomic E-state index is 0.149. The van der Waals surface area contributed by atoms with Crippen molar-refractivity contribution in [3.63, 3.8) is 0 Å². The first-order chi connectivity index (χ1) is 29.5. The van der Waals surface area contributed by atoms with E-state index < -0.39 is 0 Å². The summed E-state index contributed by atoms with van der Waals surface area (Å²) in [4.78, 5) is 15.9. The summed E-state index contributed by atoms with van der Waals surface area (Å²) < 4.78 is 2.38. The van der Waals surface area contributed by atoms with Gasteiger partial charge >= 0.3 is 0 Å². The van der Waals surface area contributed by atoms with E-state index in [4.69, 9.17) is 15.0 Å². The standard InChI is InChI=1S/C56H38N4/c1-56(2)48-24-11-10-20-44(48)45-22-12-21-43(52(45)56)39-30-31-49-47(34-39)51-46(23-13-25-50(51)60(49)42-18-4-3-5-19-42)55-58-53(40-28-26-35-14-6-8-16-37(35)32-40)57-54(59-55)41-29-27-36-15-7-9-17-38(36)33-41/h3-34H,1-2H3. The maximum Gasteiger partial charge on any atom is 0.164 e. The Morgan fingerprint density at radius 1 is 0.383 bits per heavy atom. The Balaban J connectivity index is 1.13. The Labute approximate surface area is 348 Å². The third-order valence-electron chi connectivity index (χ3n) is 12.6. The molecule has 12 rings (SSSR count). The van der Waals surface area contributed by atoms with E-state index in [9.17, 15) is 0 Å². The van der Waals surface area contributed by atoms with Gasteiger partial charge in [0.2, 0.25) is 0 Å². The number of aromatic nitrogens is 4. The lowest BCUT2D eigenvalue weighted by Crippen LogP contribution is -2.16. The summed E-state index contributed by atoms with van der Waals surface area (Å²) in [5, 5.41) is 6.89. The average molecular weight is 767 g/mol. The van der Waals surface area contributed by atoms with Crippen LogP contribution < -0.4 is 0 Å². The molecule has 282 valence electrons. The molecule has 2 heterocycles. The fourth-order valence-corrected chi connectivity index (χ4v) is 9.78. The molecule has 4 heteroatoms. The van der Waals surface area contributed by atoms with E-state index in [0.29, 0.717) is 17.5 Å². The zero-order chi connectivity index (χ0) is 40.0. The van der Waals surface area contributed by atoms with Gasteiger partial charge in [-0.3, -0.25) is 0 Å². The molecule has 0 aliphatic heterocycles. The number of rotatable bonds is 5. The molecule has 9 aromatic carbocycles. The molecule has 0 bridgehead atoms. The minimum atomic E-state index is -0.149. The quantitative estimate of drug-likeness (QED) is 0.175. The van der Waals surface area contributed by atoms with Crippen molar-refractivity contribution in [2.24, 2.45) is 0 Å². The van der Waals surface area contributed by atoms with Gasteiger partial charge < -0.3 is 4.57 Å². The maximum absolute atomic E-state index is 5.35. The highest BCUT2D eigenvalue weighted by Crippen LogP contribution is 2.52. The SMILES string of the molecule is CC1(C)c2ccccc2-c2cccc(-c3ccc4c(c3)c3c(-c5nc(-c6ccc7ccccc7c6)nc(-c6ccc7ccccc7c6)n5)cccc3n4-c3ccccc3)c21. The monoisotopic (exact) mass is 766 g/mol. The van der Waals surface area contributed by atoms with E-state index in [1.165, 1.54) is 44.2 Å². The number of nitrogens with zero attached hydrogens (tertiary/aromatic N) is 4. The molecule has 4 nitrogen and oxygen atoms in total. The van der Waals surface area contributed by atoms with Crippen molar-refractivity contribution in [1.29, 1.82) is 0 Å². The molecular weight excluding hydrogens is 729 g/mol. The Kier molecular flexibility index (Phi) is 7.54. The summed E-state index contributed by atoms with van der Waals surface area (Å²) >= 11 is 0. The fraction of sp³-hybridized carbons (Fsp3) is 0.0536. The van der Waals surface area contributed by atoms with E-state index in [2.05, 4.69) is 213 Å². The Bertz CT molecular complexity index is 3430. The van der Waals surface area contributed by atoms with E-state index >= 15 is 0 Å². The van der Waals surface area contributed by atoms with E-state index in [1.54, 1.807) is 0 Å². The van der Waals surface area contributed by atoms with Crippen molar-refractivity contribution in [2.75, 3.05) is 0 Å². The number of fused-ring (bicyclic) bond motifs is 8. The van der Waals surface area contributed by atoms with E-state index in [1.807, 2.05) is 0 Å². The van der Waals surface area contributed by atoms with Crippen molar-refractivity contribution in [1.82, 2.24) is 19.5 Å². The van der Waals surface area contributed by atoms with Crippen molar-refractivity contribution in [3.8, 4) is 62.1 Å². The van der Waals surface area contributed by atoms with Crippen LogP contribution in [-0.4, -0.2) is 19.5 Å². The summed E-state index contributed by atoms with van der Waals surface area (Å²) in [6, 6.07) is 69.6. The minimum Gasteiger partial charge on any atom is -0.309 e. The summed E-state index contributed by atoms with van der Waals surface area (Å²) in [5.41, 5.74) is 13.8. The fourth-order valence-electron chi connectivity index (χ4n) is 9.78. The number of benzene rings is 9. The van der Waals surface area contributed by atoms with Crippen LogP contribution in [0.2, 0.25) is 0 Å². The summed E-state index contributed by atoms with van der Waals surface area (Å²) in [7, 11) is 0. The van der Waals surface area contributed by atoms with Crippen molar-refractivity contribution < 1.29 is 0 Å². The lowest BCUT2D eigenvalue weighted by molar-refractivity contribution is 0.662. The van der Waals surface area contributed by atoms with Gasteiger partial charge in [0, 0.05) is 38.6 Å². The normalized spacial score (nSPS) is 13.0. The third-order valence-corrected chi connectivity index (χ3v) is 12.6. The second kappa shape index (κ2) is 13.2. The van der Waals surface area contributed by atoms with Gasteiger partial charge in [-0.2, -0.15) is 0 Å². The molecule has 1 aliphatic rings. The number of hydrogen-bond donors (Lipinski definition) is 0. The molecule has 0 N–H and O–H groups in total. The molecule has 0 saturated heterocycles. The molecule has 2 aromatic heterocycles. The highest BCUT2D eigenvalue weighted by atomic mass is 15.0. The van der Waals surface area contributed by atoms with Crippen LogP contribution >= 0.6 is 0 Å². The van der Waals surface area contributed by atoms with E-state index in [-0.39, 0.29) is 5.41 Å². The number of hydrogen-bond acceptors (Lipinski definition) is 3. The average Bonchev–Trinajstić information content (AvgIpc) is 3.77. The van der Waals surface area contributed by atoms with Crippen LogP contribution in [0.3, 0.4) is 0 Å². The smallest absolute Gasteiger partial charge is 0.164 e. The van der Waals surface area contributed by atoms with Crippen LogP contribution in [0.1, 0.15) is 25.0 Å². The van der Waals surface area contributed by atoms with Gasteiger partial charge in [0.05, 0.1) is 11.0 Å².